The van der Waals surface area contributed by atoms with Crippen LogP contribution in [-0.4, -0.2) is 53.3 Å². The standard InChI is InChI=1S/C14H21Cl2NO.C2H2O4/c1-4-17(5-2)7-6-8-18-14-12(15)9-11(3)10-13(14)16;3-1(4)2(5)6/h9-10H,4-8H2,1-3H3;(H,3,4)(H,5,6). The predicted molar refractivity (Wildman–Crippen MR) is 94.4 cm³/mol. The van der Waals surface area contributed by atoms with Crippen LogP contribution in [0.15, 0.2) is 12.1 Å². The molecule has 0 aliphatic carbocycles. The van der Waals surface area contributed by atoms with Crippen LogP contribution in [0.4, 0.5) is 0 Å². The molecule has 0 atom stereocenters. The summed E-state index contributed by atoms with van der Waals surface area (Å²) in [6, 6.07) is 3.74. The Hall–Kier alpha value is -1.50. The van der Waals surface area contributed by atoms with Gasteiger partial charge in [0.15, 0.2) is 5.75 Å². The normalized spacial score (nSPS) is 10.1. The molecule has 0 unspecified atom stereocenters. The van der Waals surface area contributed by atoms with Gasteiger partial charge >= 0.3 is 11.9 Å². The summed E-state index contributed by atoms with van der Waals surface area (Å²) in [7, 11) is 0. The number of aryl methyl sites for hydroxylation is 1. The maximum Gasteiger partial charge on any atom is 0.414 e. The highest BCUT2D eigenvalue weighted by molar-refractivity contribution is 6.37. The van der Waals surface area contributed by atoms with Crippen molar-refractivity contribution in [3.63, 3.8) is 0 Å². The molecule has 0 radical (unpaired) electrons. The SMILES string of the molecule is CCN(CC)CCCOc1c(Cl)cc(C)cc1Cl.O=C(O)C(=O)O. The summed E-state index contributed by atoms with van der Waals surface area (Å²) in [6.07, 6.45) is 0.974. The lowest BCUT2D eigenvalue weighted by atomic mass is 10.2. The molecule has 8 heteroatoms. The second-order valence-electron chi connectivity index (χ2n) is 4.90. The van der Waals surface area contributed by atoms with Crippen molar-refractivity contribution >= 4 is 35.1 Å². The van der Waals surface area contributed by atoms with Crippen LogP contribution in [-0.2, 0) is 9.59 Å². The largest absolute Gasteiger partial charge is 0.490 e. The van der Waals surface area contributed by atoms with Crippen molar-refractivity contribution in [2.45, 2.75) is 27.2 Å². The van der Waals surface area contributed by atoms with Gasteiger partial charge in [0.2, 0.25) is 0 Å². The second kappa shape index (κ2) is 11.9. The van der Waals surface area contributed by atoms with E-state index in [9.17, 15) is 0 Å². The van der Waals surface area contributed by atoms with Crippen LogP contribution >= 0.6 is 23.2 Å². The van der Waals surface area contributed by atoms with E-state index >= 15 is 0 Å². The minimum atomic E-state index is -1.82. The van der Waals surface area contributed by atoms with Crippen molar-refractivity contribution in [1.82, 2.24) is 4.90 Å². The van der Waals surface area contributed by atoms with E-state index < -0.39 is 11.9 Å². The second-order valence-corrected chi connectivity index (χ2v) is 5.71. The van der Waals surface area contributed by atoms with Gasteiger partial charge in [-0.2, -0.15) is 0 Å². The molecule has 24 heavy (non-hydrogen) atoms. The minimum Gasteiger partial charge on any atom is -0.490 e. The van der Waals surface area contributed by atoms with Gasteiger partial charge in [0.1, 0.15) is 0 Å². The number of carbonyl (C=O) groups is 2. The van der Waals surface area contributed by atoms with E-state index in [0.717, 1.165) is 31.6 Å². The van der Waals surface area contributed by atoms with Crippen LogP contribution < -0.4 is 4.74 Å². The molecule has 0 amide bonds. The molecular formula is C16H23Cl2NO5. The molecule has 0 saturated carbocycles. The highest BCUT2D eigenvalue weighted by Crippen LogP contribution is 2.33. The number of halogens is 2. The number of hydrogen-bond donors (Lipinski definition) is 2. The summed E-state index contributed by atoms with van der Waals surface area (Å²) >= 11 is 12.2. The summed E-state index contributed by atoms with van der Waals surface area (Å²) < 4.78 is 5.67. The Kier molecular flexibility index (Phi) is 11.2. The van der Waals surface area contributed by atoms with Crippen LogP contribution in [0.3, 0.4) is 0 Å². The monoisotopic (exact) mass is 379 g/mol. The van der Waals surface area contributed by atoms with Gasteiger partial charge in [-0.05, 0) is 44.1 Å². The first-order valence-electron chi connectivity index (χ1n) is 7.49. The van der Waals surface area contributed by atoms with Crippen molar-refractivity contribution in [3.05, 3.63) is 27.7 Å². The summed E-state index contributed by atoms with van der Waals surface area (Å²) in [5.41, 5.74) is 1.04. The highest BCUT2D eigenvalue weighted by Gasteiger charge is 2.08. The fourth-order valence-electron chi connectivity index (χ4n) is 1.83. The van der Waals surface area contributed by atoms with Crippen LogP contribution in [0, 0.1) is 6.92 Å². The van der Waals surface area contributed by atoms with E-state index in [-0.39, 0.29) is 0 Å². The maximum atomic E-state index is 9.10. The summed E-state index contributed by atoms with van der Waals surface area (Å²) in [6.45, 7) is 10.1. The zero-order valence-corrected chi connectivity index (χ0v) is 15.5. The van der Waals surface area contributed by atoms with Crippen molar-refractivity contribution < 1.29 is 24.5 Å². The number of benzene rings is 1. The molecule has 0 spiro atoms. The third kappa shape index (κ3) is 8.96. The molecule has 2 N–H and O–H groups in total. The number of nitrogens with zero attached hydrogens (tertiary/aromatic N) is 1. The lowest BCUT2D eigenvalue weighted by Crippen LogP contribution is -2.25. The number of carboxylic acids is 2. The Balaban J connectivity index is 0.000000754. The molecule has 1 aromatic rings. The molecule has 0 fully saturated rings. The fraction of sp³-hybridized carbons (Fsp3) is 0.500. The fourth-order valence-corrected chi connectivity index (χ4v) is 2.53. The number of carboxylic acid groups (broad SMARTS) is 2. The van der Waals surface area contributed by atoms with Crippen LogP contribution in [0.1, 0.15) is 25.8 Å². The quantitative estimate of drug-likeness (QED) is 0.556. The zero-order chi connectivity index (χ0) is 18.7. The highest BCUT2D eigenvalue weighted by atomic mass is 35.5. The van der Waals surface area contributed by atoms with E-state index in [2.05, 4.69) is 18.7 Å². The average Bonchev–Trinajstić information content (AvgIpc) is 2.50. The van der Waals surface area contributed by atoms with Gasteiger partial charge in [0.05, 0.1) is 16.7 Å². The third-order valence-electron chi connectivity index (χ3n) is 3.09. The Morgan fingerprint density at radius 1 is 1.08 bits per heavy atom. The molecule has 0 bridgehead atoms. The van der Waals surface area contributed by atoms with Gasteiger partial charge in [-0.3, -0.25) is 0 Å². The molecule has 1 rings (SSSR count). The smallest absolute Gasteiger partial charge is 0.414 e. The number of hydrogen-bond acceptors (Lipinski definition) is 4. The Bertz CT molecular complexity index is 512. The first kappa shape index (κ1) is 22.5. The minimum absolute atomic E-state index is 0.586. The van der Waals surface area contributed by atoms with E-state index in [1.807, 2.05) is 19.1 Å². The lowest BCUT2D eigenvalue weighted by Gasteiger charge is -2.18. The van der Waals surface area contributed by atoms with E-state index in [0.29, 0.717) is 22.4 Å². The number of aliphatic carboxylic acids is 2. The molecule has 0 aliphatic heterocycles. The maximum absolute atomic E-state index is 9.10. The summed E-state index contributed by atoms with van der Waals surface area (Å²) in [5, 5.41) is 16.0. The van der Waals surface area contributed by atoms with Crippen LogP contribution in [0.5, 0.6) is 5.75 Å². The molecule has 1 aromatic carbocycles. The van der Waals surface area contributed by atoms with Crippen molar-refractivity contribution in [2.24, 2.45) is 0 Å². The van der Waals surface area contributed by atoms with E-state index in [1.165, 1.54) is 0 Å². The molecule has 0 aromatic heterocycles. The van der Waals surface area contributed by atoms with Gasteiger partial charge in [-0.1, -0.05) is 37.0 Å². The van der Waals surface area contributed by atoms with Gasteiger partial charge in [-0.25, -0.2) is 9.59 Å². The predicted octanol–water partition coefficient (Wildman–Crippen LogP) is 3.57. The molecule has 0 saturated heterocycles. The van der Waals surface area contributed by atoms with Crippen molar-refractivity contribution in [3.8, 4) is 5.75 Å². The summed E-state index contributed by atoms with van der Waals surface area (Å²) in [5.74, 6) is -3.05. The van der Waals surface area contributed by atoms with E-state index in [1.54, 1.807) is 0 Å². The lowest BCUT2D eigenvalue weighted by molar-refractivity contribution is -0.159. The Morgan fingerprint density at radius 3 is 1.92 bits per heavy atom. The van der Waals surface area contributed by atoms with Gasteiger partial charge < -0.3 is 19.8 Å². The third-order valence-corrected chi connectivity index (χ3v) is 3.65. The molecular weight excluding hydrogens is 357 g/mol. The zero-order valence-electron chi connectivity index (χ0n) is 14.0. The van der Waals surface area contributed by atoms with Gasteiger partial charge in [0.25, 0.3) is 0 Å². The Labute approximate surface area is 151 Å². The molecule has 136 valence electrons. The van der Waals surface area contributed by atoms with E-state index in [4.69, 9.17) is 47.7 Å². The average molecular weight is 380 g/mol. The first-order valence-corrected chi connectivity index (χ1v) is 8.25. The summed E-state index contributed by atoms with van der Waals surface area (Å²) in [4.78, 5) is 20.6. The van der Waals surface area contributed by atoms with Crippen molar-refractivity contribution in [2.75, 3.05) is 26.2 Å². The van der Waals surface area contributed by atoms with Crippen molar-refractivity contribution in [1.29, 1.82) is 0 Å². The Morgan fingerprint density at radius 2 is 1.54 bits per heavy atom. The number of rotatable bonds is 7. The molecule has 0 heterocycles. The molecule has 0 aliphatic rings. The number of ether oxygens (including phenoxy) is 1. The first-order chi connectivity index (χ1) is 11.2. The molecule has 6 nitrogen and oxygen atoms in total. The van der Waals surface area contributed by atoms with Gasteiger partial charge in [-0.15, -0.1) is 0 Å². The van der Waals surface area contributed by atoms with Crippen LogP contribution in [0.2, 0.25) is 10.0 Å². The van der Waals surface area contributed by atoms with Gasteiger partial charge in [0, 0.05) is 6.54 Å². The topological polar surface area (TPSA) is 87.1 Å². The van der Waals surface area contributed by atoms with Crippen LogP contribution in [0.25, 0.3) is 0 Å².